The van der Waals surface area contributed by atoms with E-state index in [0.29, 0.717) is 5.69 Å². The topological polar surface area (TPSA) is 97.4 Å². The van der Waals surface area contributed by atoms with Crippen molar-refractivity contribution in [2.24, 2.45) is 10.8 Å². The number of hydrazone groups is 1. The highest BCUT2D eigenvalue weighted by Gasteiger charge is 2.04. The van der Waals surface area contributed by atoms with Crippen LogP contribution in [0.15, 0.2) is 29.5 Å². The van der Waals surface area contributed by atoms with Gasteiger partial charge in [-0.2, -0.15) is 5.10 Å². The molecule has 0 fully saturated rings. The molecule has 0 aliphatic carbocycles. The Bertz CT molecular complexity index is 361. The van der Waals surface area contributed by atoms with Crippen LogP contribution >= 0.6 is 0 Å². The molecular weight excluding hydrogens is 184 g/mol. The van der Waals surface area contributed by atoms with Gasteiger partial charge in [-0.3, -0.25) is 14.6 Å². The summed E-state index contributed by atoms with van der Waals surface area (Å²) >= 11 is 0. The lowest BCUT2D eigenvalue weighted by atomic mass is 10.4. The molecule has 6 heteroatoms. The highest BCUT2D eigenvalue weighted by Crippen LogP contribution is 1.87. The van der Waals surface area contributed by atoms with Crippen molar-refractivity contribution in [1.29, 1.82) is 0 Å². The number of hydrogen-bond donors (Lipinski definition) is 2. The number of aromatic nitrogens is 1. The first-order valence-electron chi connectivity index (χ1n) is 3.74. The van der Waals surface area contributed by atoms with E-state index in [-0.39, 0.29) is 0 Å². The molecule has 72 valence electrons. The molecule has 0 atom stereocenters. The summed E-state index contributed by atoms with van der Waals surface area (Å²) in [5, 5.41) is 3.47. The second kappa shape index (κ2) is 4.70. The molecule has 0 aliphatic rings. The molecule has 0 saturated heterocycles. The van der Waals surface area contributed by atoms with Gasteiger partial charge in [0.15, 0.2) is 0 Å². The maximum absolute atomic E-state index is 10.6. The van der Waals surface area contributed by atoms with Crippen molar-refractivity contribution in [3.05, 3.63) is 30.1 Å². The predicted octanol–water partition coefficient (Wildman–Crippen LogP) is -0.983. The number of primary amides is 1. The summed E-state index contributed by atoms with van der Waals surface area (Å²) in [6.07, 6.45) is 2.89. The number of hydrogen-bond acceptors (Lipinski definition) is 4. The van der Waals surface area contributed by atoms with Crippen molar-refractivity contribution in [1.82, 2.24) is 10.4 Å². The SMILES string of the molecule is NC(=O)C(=O)N/N=C/c1ccccn1. The number of pyridine rings is 1. The smallest absolute Gasteiger partial charge is 0.329 e. The summed E-state index contributed by atoms with van der Waals surface area (Å²) in [4.78, 5) is 24.8. The fourth-order valence-electron chi connectivity index (χ4n) is 0.664. The Balaban J connectivity index is 2.50. The number of nitrogens with one attached hydrogen (secondary N) is 1. The Morgan fingerprint density at radius 1 is 1.50 bits per heavy atom. The maximum atomic E-state index is 10.6. The second-order valence-corrected chi connectivity index (χ2v) is 2.32. The highest BCUT2D eigenvalue weighted by atomic mass is 16.2. The first kappa shape index (κ1) is 9.85. The standard InChI is InChI=1S/C8H8N4O2/c9-7(13)8(14)12-11-5-6-3-1-2-4-10-6/h1-5H,(H2,9,13)(H,12,14)/b11-5+. The van der Waals surface area contributed by atoms with Crippen LogP contribution in [0, 0.1) is 0 Å². The summed E-state index contributed by atoms with van der Waals surface area (Å²) in [6, 6.07) is 5.21. The van der Waals surface area contributed by atoms with Crippen LogP contribution in [0.2, 0.25) is 0 Å². The fourth-order valence-corrected chi connectivity index (χ4v) is 0.664. The van der Waals surface area contributed by atoms with E-state index in [9.17, 15) is 9.59 Å². The third kappa shape index (κ3) is 3.02. The van der Waals surface area contributed by atoms with Gasteiger partial charge in [0.25, 0.3) is 0 Å². The minimum atomic E-state index is -1.08. The lowest BCUT2D eigenvalue weighted by Crippen LogP contribution is -2.32. The van der Waals surface area contributed by atoms with Crippen LogP contribution in [-0.4, -0.2) is 23.0 Å². The van der Waals surface area contributed by atoms with E-state index in [4.69, 9.17) is 0 Å². The molecular formula is C8H8N4O2. The quantitative estimate of drug-likeness (QED) is 0.358. The van der Waals surface area contributed by atoms with Gasteiger partial charge in [0.2, 0.25) is 0 Å². The fraction of sp³-hybridized carbons (Fsp3) is 0. The zero-order valence-corrected chi connectivity index (χ0v) is 7.18. The molecule has 6 nitrogen and oxygen atoms in total. The van der Waals surface area contributed by atoms with Gasteiger partial charge in [-0.25, -0.2) is 5.43 Å². The second-order valence-electron chi connectivity index (χ2n) is 2.32. The number of carbonyl (C=O) groups is 2. The molecule has 0 saturated carbocycles. The van der Waals surface area contributed by atoms with Crippen molar-refractivity contribution in [3.63, 3.8) is 0 Å². The average Bonchev–Trinajstić information content (AvgIpc) is 2.19. The van der Waals surface area contributed by atoms with E-state index in [2.05, 4.69) is 15.8 Å². The minimum Gasteiger partial charge on any atom is -0.361 e. The van der Waals surface area contributed by atoms with Crippen LogP contribution in [0.4, 0.5) is 0 Å². The highest BCUT2D eigenvalue weighted by molar-refractivity contribution is 6.34. The Labute approximate surface area is 79.8 Å². The minimum absolute atomic E-state index is 0.567. The van der Waals surface area contributed by atoms with Gasteiger partial charge in [-0.15, -0.1) is 0 Å². The summed E-state index contributed by atoms with van der Waals surface area (Å²) in [7, 11) is 0. The van der Waals surface area contributed by atoms with E-state index in [1.807, 2.05) is 5.43 Å². The zero-order valence-electron chi connectivity index (χ0n) is 7.18. The van der Waals surface area contributed by atoms with Crippen LogP contribution in [0.1, 0.15) is 5.69 Å². The Kier molecular flexibility index (Phi) is 3.31. The summed E-state index contributed by atoms with van der Waals surface area (Å²) < 4.78 is 0. The zero-order chi connectivity index (χ0) is 10.4. The Hall–Kier alpha value is -2.24. The molecule has 0 aromatic carbocycles. The number of amides is 2. The van der Waals surface area contributed by atoms with E-state index in [0.717, 1.165) is 0 Å². The first-order valence-corrected chi connectivity index (χ1v) is 3.74. The van der Waals surface area contributed by atoms with E-state index < -0.39 is 11.8 Å². The van der Waals surface area contributed by atoms with Gasteiger partial charge in [-0.05, 0) is 12.1 Å². The molecule has 1 rings (SSSR count). The Morgan fingerprint density at radius 2 is 2.29 bits per heavy atom. The van der Waals surface area contributed by atoms with Gasteiger partial charge < -0.3 is 5.73 Å². The van der Waals surface area contributed by atoms with Crippen LogP contribution in [0.25, 0.3) is 0 Å². The molecule has 14 heavy (non-hydrogen) atoms. The van der Waals surface area contributed by atoms with Gasteiger partial charge in [0.1, 0.15) is 0 Å². The molecule has 0 unspecified atom stereocenters. The molecule has 1 heterocycles. The molecule has 0 radical (unpaired) electrons. The number of nitrogens with two attached hydrogens (primary N) is 1. The van der Waals surface area contributed by atoms with Crippen LogP contribution in [-0.2, 0) is 9.59 Å². The largest absolute Gasteiger partial charge is 0.361 e. The first-order chi connectivity index (χ1) is 6.70. The van der Waals surface area contributed by atoms with Gasteiger partial charge in [0, 0.05) is 6.20 Å². The molecule has 1 aromatic rings. The van der Waals surface area contributed by atoms with Crippen LogP contribution in [0.3, 0.4) is 0 Å². The predicted molar refractivity (Wildman–Crippen MR) is 49.2 cm³/mol. The number of nitrogens with zero attached hydrogens (tertiary/aromatic N) is 2. The van der Waals surface area contributed by atoms with Crippen molar-refractivity contribution < 1.29 is 9.59 Å². The van der Waals surface area contributed by atoms with Crippen molar-refractivity contribution in [2.45, 2.75) is 0 Å². The normalized spacial score (nSPS) is 10.0. The van der Waals surface area contributed by atoms with Crippen molar-refractivity contribution in [3.8, 4) is 0 Å². The van der Waals surface area contributed by atoms with Crippen molar-refractivity contribution >= 4 is 18.0 Å². The summed E-state index contributed by atoms with van der Waals surface area (Å²) in [5.74, 6) is -2.04. The number of rotatable bonds is 2. The molecule has 0 bridgehead atoms. The molecule has 2 amide bonds. The van der Waals surface area contributed by atoms with Crippen molar-refractivity contribution in [2.75, 3.05) is 0 Å². The van der Waals surface area contributed by atoms with Gasteiger partial charge >= 0.3 is 11.8 Å². The van der Waals surface area contributed by atoms with E-state index in [1.54, 1.807) is 24.4 Å². The maximum Gasteiger partial charge on any atom is 0.329 e. The average molecular weight is 192 g/mol. The Morgan fingerprint density at radius 3 is 2.86 bits per heavy atom. The van der Waals surface area contributed by atoms with Crippen LogP contribution in [0.5, 0.6) is 0 Å². The summed E-state index contributed by atoms with van der Waals surface area (Å²) in [5.41, 5.74) is 7.19. The molecule has 0 spiro atoms. The summed E-state index contributed by atoms with van der Waals surface area (Å²) in [6.45, 7) is 0. The third-order valence-electron chi connectivity index (χ3n) is 1.27. The third-order valence-corrected chi connectivity index (χ3v) is 1.27. The number of carbonyl (C=O) groups excluding carboxylic acids is 2. The molecule has 0 aliphatic heterocycles. The lowest BCUT2D eigenvalue weighted by Gasteiger charge is -1.92. The lowest BCUT2D eigenvalue weighted by molar-refractivity contribution is -0.137. The van der Waals surface area contributed by atoms with Gasteiger partial charge in [-0.1, -0.05) is 6.07 Å². The molecule has 3 N–H and O–H groups in total. The van der Waals surface area contributed by atoms with E-state index in [1.165, 1.54) is 6.21 Å². The van der Waals surface area contributed by atoms with Gasteiger partial charge in [0.05, 0.1) is 11.9 Å². The van der Waals surface area contributed by atoms with E-state index >= 15 is 0 Å². The molecule has 1 aromatic heterocycles. The van der Waals surface area contributed by atoms with Crippen LogP contribution < -0.4 is 11.2 Å². The monoisotopic (exact) mass is 192 g/mol.